The summed E-state index contributed by atoms with van der Waals surface area (Å²) in [6.45, 7) is 3.07. The van der Waals surface area contributed by atoms with Gasteiger partial charge in [-0.05, 0) is 31.4 Å². The van der Waals surface area contributed by atoms with E-state index < -0.39 is 16.0 Å². The maximum Gasteiger partial charge on any atom is 0.350 e. The van der Waals surface area contributed by atoms with Crippen molar-refractivity contribution >= 4 is 16.0 Å². The summed E-state index contributed by atoms with van der Waals surface area (Å²) in [6.07, 6.45) is 4.04. The van der Waals surface area contributed by atoms with Crippen molar-refractivity contribution < 1.29 is 17.9 Å². The molecule has 0 amide bonds. The van der Waals surface area contributed by atoms with Gasteiger partial charge in [-0.3, -0.25) is 0 Å². The molecule has 1 aliphatic heterocycles. The van der Waals surface area contributed by atoms with Crippen LogP contribution in [0.15, 0.2) is 40.9 Å². The Morgan fingerprint density at radius 1 is 1.31 bits per heavy atom. The minimum absolute atomic E-state index is 0.164. The molecule has 1 N–H and O–H groups in total. The maximum atomic E-state index is 12.9. The SMILES string of the molecule is CCOC(=O)/C(C#N)=C/NCc1ccccc1S(=O)(=O)N1CCCCC1. The van der Waals surface area contributed by atoms with E-state index in [1.807, 2.05) is 0 Å². The largest absolute Gasteiger partial charge is 0.462 e. The number of nitriles is 1. The molecule has 8 heteroatoms. The first-order chi connectivity index (χ1) is 12.5. The molecular formula is C18H23N3O4S. The van der Waals surface area contributed by atoms with Crippen LogP contribution in [0.1, 0.15) is 31.7 Å². The van der Waals surface area contributed by atoms with Crippen LogP contribution >= 0.6 is 0 Å². The van der Waals surface area contributed by atoms with Crippen molar-refractivity contribution in [2.24, 2.45) is 0 Å². The number of ether oxygens (including phenoxy) is 1. The molecule has 0 atom stereocenters. The van der Waals surface area contributed by atoms with Crippen LogP contribution in [-0.2, 0) is 26.1 Å². The van der Waals surface area contributed by atoms with Gasteiger partial charge < -0.3 is 10.1 Å². The molecule has 1 fully saturated rings. The lowest BCUT2D eigenvalue weighted by Crippen LogP contribution is -2.36. The number of nitrogens with zero attached hydrogens (tertiary/aromatic N) is 2. The molecule has 1 aromatic rings. The standard InChI is InChI=1S/C18H23N3O4S/c1-2-25-18(22)16(12-19)14-20-13-15-8-4-5-9-17(15)26(23,24)21-10-6-3-7-11-21/h4-5,8-9,14,20H,2-3,6-7,10-11,13H2,1H3/b16-14+. The fourth-order valence-corrected chi connectivity index (χ4v) is 4.49. The highest BCUT2D eigenvalue weighted by molar-refractivity contribution is 7.89. The van der Waals surface area contributed by atoms with Gasteiger partial charge in [0, 0.05) is 25.8 Å². The number of carbonyl (C=O) groups excluding carboxylic acids is 1. The second kappa shape index (κ2) is 9.36. The Hall–Kier alpha value is -2.37. The zero-order chi connectivity index (χ0) is 19.0. The third kappa shape index (κ3) is 4.84. The molecule has 1 aliphatic rings. The average Bonchev–Trinajstić information content (AvgIpc) is 2.66. The summed E-state index contributed by atoms with van der Waals surface area (Å²) in [7, 11) is -3.56. The number of carbonyl (C=O) groups is 1. The zero-order valence-corrected chi connectivity index (χ0v) is 15.6. The molecular weight excluding hydrogens is 354 g/mol. The van der Waals surface area contributed by atoms with E-state index in [1.54, 1.807) is 37.3 Å². The van der Waals surface area contributed by atoms with E-state index in [0.29, 0.717) is 18.7 Å². The zero-order valence-electron chi connectivity index (χ0n) is 14.8. The Morgan fingerprint density at radius 2 is 2.00 bits per heavy atom. The number of benzene rings is 1. The Bertz CT molecular complexity index is 806. The Morgan fingerprint density at radius 3 is 2.65 bits per heavy atom. The summed E-state index contributed by atoms with van der Waals surface area (Å²) in [5.74, 6) is -0.711. The highest BCUT2D eigenvalue weighted by Gasteiger charge is 2.27. The van der Waals surface area contributed by atoms with Crippen LogP contribution in [0.25, 0.3) is 0 Å². The van der Waals surface area contributed by atoms with Gasteiger partial charge in [-0.25, -0.2) is 13.2 Å². The van der Waals surface area contributed by atoms with Crippen LogP contribution in [-0.4, -0.2) is 38.4 Å². The van der Waals surface area contributed by atoms with Gasteiger partial charge in [0.25, 0.3) is 0 Å². The maximum absolute atomic E-state index is 12.9. The molecule has 0 spiro atoms. The summed E-state index contributed by atoms with van der Waals surface area (Å²) >= 11 is 0. The van der Waals surface area contributed by atoms with Crippen molar-refractivity contribution in [3.05, 3.63) is 41.6 Å². The van der Waals surface area contributed by atoms with Crippen LogP contribution < -0.4 is 5.32 Å². The lowest BCUT2D eigenvalue weighted by molar-refractivity contribution is -0.138. The average molecular weight is 377 g/mol. The number of esters is 1. The van der Waals surface area contributed by atoms with Crippen molar-refractivity contribution in [3.8, 4) is 6.07 Å². The van der Waals surface area contributed by atoms with Gasteiger partial charge in [0.1, 0.15) is 6.07 Å². The normalized spacial score (nSPS) is 15.9. The van der Waals surface area contributed by atoms with E-state index in [4.69, 9.17) is 10.00 Å². The fraction of sp³-hybridized carbons (Fsp3) is 0.444. The van der Waals surface area contributed by atoms with E-state index in [-0.39, 0.29) is 23.6 Å². The van der Waals surface area contributed by atoms with E-state index in [1.165, 1.54) is 10.5 Å². The minimum atomic E-state index is -3.56. The number of hydrogen-bond acceptors (Lipinski definition) is 6. The number of nitrogens with one attached hydrogen (secondary N) is 1. The molecule has 1 saturated heterocycles. The van der Waals surface area contributed by atoms with Gasteiger partial charge in [-0.2, -0.15) is 9.57 Å². The number of hydrogen-bond donors (Lipinski definition) is 1. The van der Waals surface area contributed by atoms with Crippen LogP contribution in [0.5, 0.6) is 0 Å². The van der Waals surface area contributed by atoms with Gasteiger partial charge in [0.15, 0.2) is 5.57 Å². The second-order valence-corrected chi connectivity index (χ2v) is 7.75. The molecule has 0 unspecified atom stereocenters. The van der Waals surface area contributed by atoms with Gasteiger partial charge in [-0.1, -0.05) is 24.6 Å². The van der Waals surface area contributed by atoms with Gasteiger partial charge >= 0.3 is 5.97 Å². The highest BCUT2D eigenvalue weighted by Crippen LogP contribution is 2.23. The first-order valence-corrected chi connectivity index (χ1v) is 10.0. The molecule has 0 aliphatic carbocycles. The third-order valence-electron chi connectivity index (χ3n) is 4.06. The van der Waals surface area contributed by atoms with Gasteiger partial charge in [-0.15, -0.1) is 0 Å². The number of sulfonamides is 1. The minimum Gasteiger partial charge on any atom is -0.462 e. The van der Waals surface area contributed by atoms with E-state index in [0.717, 1.165) is 19.3 Å². The lowest BCUT2D eigenvalue weighted by atomic mass is 10.2. The first kappa shape index (κ1) is 19.9. The van der Waals surface area contributed by atoms with E-state index in [2.05, 4.69) is 5.32 Å². The molecule has 7 nitrogen and oxygen atoms in total. The van der Waals surface area contributed by atoms with Gasteiger partial charge in [0.2, 0.25) is 10.0 Å². The summed E-state index contributed by atoms with van der Waals surface area (Å²) in [5.41, 5.74) is 0.415. The smallest absolute Gasteiger partial charge is 0.350 e. The summed E-state index contributed by atoms with van der Waals surface area (Å²) in [4.78, 5) is 11.8. The Labute approximate surface area is 154 Å². The fourth-order valence-electron chi connectivity index (χ4n) is 2.75. The van der Waals surface area contributed by atoms with Crippen molar-refractivity contribution in [1.29, 1.82) is 5.26 Å². The number of piperidine rings is 1. The second-order valence-electron chi connectivity index (χ2n) is 5.84. The predicted octanol–water partition coefficient (Wildman–Crippen LogP) is 1.92. The van der Waals surface area contributed by atoms with Crippen molar-refractivity contribution in [1.82, 2.24) is 9.62 Å². The molecule has 140 valence electrons. The topological polar surface area (TPSA) is 99.5 Å². The van der Waals surface area contributed by atoms with Crippen molar-refractivity contribution in [3.63, 3.8) is 0 Å². The molecule has 0 saturated carbocycles. The number of rotatable bonds is 7. The summed E-state index contributed by atoms with van der Waals surface area (Å²) in [6, 6.07) is 8.51. The summed E-state index contributed by atoms with van der Waals surface area (Å²) < 4.78 is 32.1. The van der Waals surface area contributed by atoms with Crippen molar-refractivity contribution in [2.45, 2.75) is 37.6 Å². The molecule has 26 heavy (non-hydrogen) atoms. The monoisotopic (exact) mass is 377 g/mol. The molecule has 0 bridgehead atoms. The third-order valence-corrected chi connectivity index (χ3v) is 6.06. The summed E-state index contributed by atoms with van der Waals surface area (Å²) in [5, 5.41) is 11.9. The van der Waals surface area contributed by atoms with Gasteiger partial charge in [0.05, 0.1) is 11.5 Å². The molecule has 1 aromatic carbocycles. The Kier molecular flexibility index (Phi) is 7.18. The quantitative estimate of drug-likeness (QED) is 0.443. The molecule has 0 radical (unpaired) electrons. The van der Waals surface area contributed by atoms with Crippen molar-refractivity contribution in [2.75, 3.05) is 19.7 Å². The van der Waals surface area contributed by atoms with Crippen LogP contribution in [0.2, 0.25) is 0 Å². The highest BCUT2D eigenvalue weighted by atomic mass is 32.2. The Balaban J connectivity index is 2.16. The molecule has 0 aromatic heterocycles. The van der Waals surface area contributed by atoms with E-state index >= 15 is 0 Å². The van der Waals surface area contributed by atoms with E-state index in [9.17, 15) is 13.2 Å². The van der Waals surface area contributed by atoms with Crippen LogP contribution in [0.3, 0.4) is 0 Å². The first-order valence-electron chi connectivity index (χ1n) is 8.59. The van der Waals surface area contributed by atoms with Crippen LogP contribution in [0.4, 0.5) is 0 Å². The molecule has 1 heterocycles. The molecule has 2 rings (SSSR count). The lowest BCUT2D eigenvalue weighted by Gasteiger charge is -2.26. The van der Waals surface area contributed by atoms with Crippen LogP contribution in [0, 0.1) is 11.3 Å². The predicted molar refractivity (Wildman–Crippen MR) is 96.2 cm³/mol.